The van der Waals surface area contributed by atoms with Gasteiger partial charge in [-0.25, -0.2) is 0 Å². The molecule has 3 aromatic rings. The first-order chi connectivity index (χ1) is 16.4. The minimum Gasteiger partial charge on any atom is -0.346 e. The number of amides is 3. The molecule has 2 atom stereocenters. The van der Waals surface area contributed by atoms with Crippen molar-refractivity contribution in [2.75, 3.05) is 26.2 Å². The number of piperazine rings is 1. The number of nitrogens with zero attached hydrogens (tertiary/aromatic N) is 4. The third-order valence-corrected chi connectivity index (χ3v) is 6.26. The molecule has 34 heavy (non-hydrogen) atoms. The zero-order chi connectivity index (χ0) is 24.1. The maximum absolute atomic E-state index is 12.8. The summed E-state index contributed by atoms with van der Waals surface area (Å²) in [4.78, 5) is 45.7. The highest BCUT2D eigenvalue weighted by Crippen LogP contribution is 2.15. The molecule has 4 rings (SSSR count). The molecule has 178 valence electrons. The predicted octanol–water partition coefficient (Wildman–Crippen LogP) is 1.30. The first-order valence-electron chi connectivity index (χ1n) is 11.5. The van der Waals surface area contributed by atoms with E-state index < -0.39 is 18.0 Å². The fourth-order valence-electron chi connectivity index (χ4n) is 4.22. The highest BCUT2D eigenvalue weighted by Gasteiger charge is 2.28. The maximum atomic E-state index is 12.8. The van der Waals surface area contributed by atoms with Crippen molar-refractivity contribution in [3.05, 3.63) is 66.6 Å². The normalized spacial score (nSPS) is 15.7. The number of nitrogens with one attached hydrogen (secondary N) is 1. The molecule has 0 aliphatic carbocycles. The number of benzene rings is 1. The van der Waals surface area contributed by atoms with E-state index in [0.717, 1.165) is 10.9 Å². The number of hydrogen-bond donors (Lipinski definition) is 2. The lowest BCUT2D eigenvalue weighted by Crippen LogP contribution is -2.55. The molecule has 1 aromatic carbocycles. The molecule has 0 saturated carbocycles. The summed E-state index contributed by atoms with van der Waals surface area (Å²) in [5, 5.41) is 3.81. The summed E-state index contributed by atoms with van der Waals surface area (Å²) in [6.07, 6.45) is 5.91. The number of hydrogen-bond acceptors (Lipinski definition) is 5. The van der Waals surface area contributed by atoms with Gasteiger partial charge in [-0.05, 0) is 24.6 Å². The first-order valence-corrected chi connectivity index (χ1v) is 11.5. The largest absolute Gasteiger partial charge is 0.346 e. The number of carbonyl (C=O) groups excluding carboxylic acids is 3. The molecule has 1 saturated heterocycles. The standard InChI is InChI=1S/C25H30N6O3/c1-18(28-24(33)23(26)20-5-3-2-4-6-20)25(34)31-15-13-30(14-16-31)22(32)9-12-29-11-8-19-7-10-27-17-21(19)29/h2-8,10-11,17-18,23H,9,12-16,26H2,1H3,(H,28,33)/t18-,23-/m1/s1. The molecule has 3 N–H and O–H groups in total. The molecule has 0 unspecified atom stereocenters. The van der Waals surface area contributed by atoms with Crippen LogP contribution in [0.4, 0.5) is 0 Å². The van der Waals surface area contributed by atoms with Crippen LogP contribution in [-0.4, -0.2) is 69.3 Å². The van der Waals surface area contributed by atoms with Crippen LogP contribution >= 0.6 is 0 Å². The Morgan fingerprint density at radius 3 is 2.47 bits per heavy atom. The van der Waals surface area contributed by atoms with Gasteiger partial charge in [-0.15, -0.1) is 0 Å². The smallest absolute Gasteiger partial charge is 0.244 e. The van der Waals surface area contributed by atoms with Gasteiger partial charge in [0.25, 0.3) is 0 Å². The fourth-order valence-corrected chi connectivity index (χ4v) is 4.22. The van der Waals surface area contributed by atoms with Gasteiger partial charge in [-0.1, -0.05) is 30.3 Å². The van der Waals surface area contributed by atoms with Crippen LogP contribution in [-0.2, 0) is 20.9 Å². The minimum absolute atomic E-state index is 0.0630. The Kier molecular flexibility index (Phi) is 7.22. The van der Waals surface area contributed by atoms with Gasteiger partial charge in [0.05, 0.1) is 11.7 Å². The lowest BCUT2D eigenvalue weighted by molar-refractivity contribution is -0.141. The summed E-state index contributed by atoms with van der Waals surface area (Å²) >= 11 is 0. The zero-order valence-corrected chi connectivity index (χ0v) is 19.3. The number of aromatic nitrogens is 2. The van der Waals surface area contributed by atoms with Gasteiger partial charge in [0.2, 0.25) is 17.7 Å². The third kappa shape index (κ3) is 5.26. The molecule has 2 aromatic heterocycles. The molecule has 9 heteroatoms. The first kappa shape index (κ1) is 23.4. The predicted molar refractivity (Wildman–Crippen MR) is 128 cm³/mol. The molecule has 0 spiro atoms. The average Bonchev–Trinajstić information content (AvgIpc) is 3.30. The lowest BCUT2D eigenvalue weighted by atomic mass is 10.1. The van der Waals surface area contributed by atoms with Crippen molar-refractivity contribution in [3.63, 3.8) is 0 Å². The van der Waals surface area contributed by atoms with Crippen LogP contribution in [0.2, 0.25) is 0 Å². The maximum Gasteiger partial charge on any atom is 0.244 e. The van der Waals surface area contributed by atoms with Gasteiger partial charge in [0.15, 0.2) is 0 Å². The molecular formula is C25H30N6O3. The zero-order valence-electron chi connectivity index (χ0n) is 19.3. The second kappa shape index (κ2) is 10.5. The van der Waals surface area contributed by atoms with Crippen molar-refractivity contribution in [1.82, 2.24) is 24.7 Å². The van der Waals surface area contributed by atoms with E-state index in [4.69, 9.17) is 5.73 Å². The Balaban J connectivity index is 1.23. The van der Waals surface area contributed by atoms with E-state index in [1.54, 1.807) is 41.2 Å². The van der Waals surface area contributed by atoms with Crippen molar-refractivity contribution in [2.24, 2.45) is 5.73 Å². The Hall–Kier alpha value is -3.72. The molecule has 1 aliphatic rings. The van der Waals surface area contributed by atoms with E-state index in [0.29, 0.717) is 44.7 Å². The number of rotatable bonds is 7. The van der Waals surface area contributed by atoms with E-state index >= 15 is 0 Å². The highest BCUT2D eigenvalue weighted by atomic mass is 16.2. The molecule has 0 bridgehead atoms. The van der Waals surface area contributed by atoms with Gasteiger partial charge >= 0.3 is 0 Å². The van der Waals surface area contributed by atoms with Crippen LogP contribution in [0.15, 0.2) is 61.1 Å². The third-order valence-electron chi connectivity index (χ3n) is 6.26. The number of aryl methyl sites for hydroxylation is 1. The second-order valence-corrected chi connectivity index (χ2v) is 8.52. The number of pyridine rings is 1. The number of fused-ring (bicyclic) bond motifs is 1. The molecule has 1 fully saturated rings. The Morgan fingerprint density at radius 2 is 1.74 bits per heavy atom. The Morgan fingerprint density at radius 1 is 1.03 bits per heavy atom. The summed E-state index contributed by atoms with van der Waals surface area (Å²) in [7, 11) is 0. The van der Waals surface area contributed by atoms with Gasteiger partial charge in [-0.2, -0.15) is 0 Å². The van der Waals surface area contributed by atoms with Crippen LogP contribution in [0, 0.1) is 0 Å². The average molecular weight is 463 g/mol. The summed E-state index contributed by atoms with van der Waals surface area (Å²) in [6.45, 7) is 4.06. The van der Waals surface area contributed by atoms with Gasteiger partial charge < -0.3 is 25.4 Å². The Labute approximate surface area is 198 Å². The topological polar surface area (TPSA) is 114 Å². The van der Waals surface area contributed by atoms with Crippen molar-refractivity contribution >= 4 is 28.6 Å². The number of carbonyl (C=O) groups is 3. The van der Waals surface area contributed by atoms with Crippen molar-refractivity contribution in [2.45, 2.75) is 32.0 Å². The van der Waals surface area contributed by atoms with Crippen LogP contribution < -0.4 is 11.1 Å². The summed E-state index contributed by atoms with van der Waals surface area (Å²) < 4.78 is 2.03. The van der Waals surface area contributed by atoms with Crippen LogP contribution in [0.5, 0.6) is 0 Å². The van der Waals surface area contributed by atoms with Gasteiger partial charge in [0.1, 0.15) is 12.1 Å². The minimum atomic E-state index is -0.834. The number of nitrogens with two attached hydrogens (primary N) is 1. The molecule has 9 nitrogen and oxygen atoms in total. The van der Waals surface area contributed by atoms with E-state index in [9.17, 15) is 14.4 Å². The van der Waals surface area contributed by atoms with Gasteiger partial charge in [-0.3, -0.25) is 19.4 Å². The van der Waals surface area contributed by atoms with E-state index in [1.807, 2.05) is 41.1 Å². The van der Waals surface area contributed by atoms with Crippen molar-refractivity contribution in [3.8, 4) is 0 Å². The summed E-state index contributed by atoms with van der Waals surface area (Å²) in [5.41, 5.74) is 7.72. The highest BCUT2D eigenvalue weighted by molar-refractivity contribution is 5.90. The Bertz CT molecular complexity index is 1150. The van der Waals surface area contributed by atoms with E-state index in [1.165, 1.54) is 0 Å². The van der Waals surface area contributed by atoms with E-state index in [2.05, 4.69) is 10.3 Å². The summed E-state index contributed by atoms with van der Waals surface area (Å²) in [5.74, 6) is -0.506. The quantitative estimate of drug-likeness (QED) is 0.550. The lowest BCUT2D eigenvalue weighted by Gasteiger charge is -2.36. The summed E-state index contributed by atoms with van der Waals surface area (Å²) in [6, 6.07) is 11.5. The molecule has 1 aliphatic heterocycles. The van der Waals surface area contributed by atoms with Crippen molar-refractivity contribution < 1.29 is 14.4 Å². The van der Waals surface area contributed by atoms with Crippen molar-refractivity contribution in [1.29, 1.82) is 0 Å². The molecular weight excluding hydrogens is 432 g/mol. The SMILES string of the molecule is C[C@@H](NC(=O)[C@H](N)c1ccccc1)C(=O)N1CCN(C(=O)CCn2ccc3ccncc32)CC1. The monoisotopic (exact) mass is 462 g/mol. The molecule has 0 radical (unpaired) electrons. The van der Waals surface area contributed by atoms with Gasteiger partial charge in [0, 0.05) is 56.9 Å². The fraction of sp³-hybridized carbons (Fsp3) is 0.360. The molecule has 3 amide bonds. The molecule has 3 heterocycles. The second-order valence-electron chi connectivity index (χ2n) is 8.52. The van der Waals surface area contributed by atoms with Crippen LogP contribution in [0.25, 0.3) is 10.9 Å². The van der Waals surface area contributed by atoms with Crippen LogP contribution in [0.3, 0.4) is 0 Å². The van der Waals surface area contributed by atoms with Crippen LogP contribution in [0.1, 0.15) is 24.9 Å². The van der Waals surface area contributed by atoms with E-state index in [-0.39, 0.29) is 11.8 Å².